The number of halogens is 2. The van der Waals surface area contributed by atoms with E-state index in [2.05, 4.69) is 26.2 Å². The first-order valence-electron chi connectivity index (χ1n) is 7.25. The first kappa shape index (κ1) is 16.8. The van der Waals surface area contributed by atoms with Gasteiger partial charge in [0.2, 0.25) is 0 Å². The lowest BCUT2D eigenvalue weighted by Crippen LogP contribution is -2.11. The fraction of sp³-hybridized carbons (Fsp3) is 0.111. The van der Waals surface area contributed by atoms with Crippen molar-refractivity contribution in [1.29, 1.82) is 0 Å². The molecule has 0 saturated heterocycles. The molecule has 0 atom stereocenters. The van der Waals surface area contributed by atoms with Crippen LogP contribution in [0.2, 0.25) is 0 Å². The van der Waals surface area contributed by atoms with Crippen LogP contribution in [0.4, 0.5) is 10.1 Å². The standard InChI is InChI=1S/C18H14BrFN2OS/c1-10-9-14(7-8-15(10)19)22-17(23)16-11(2)21-18(24-16)12-3-5-13(20)6-4-12/h3-9H,1-2H3,(H,22,23). The predicted octanol–water partition coefficient (Wildman–Crippen LogP) is 5.58. The van der Waals surface area contributed by atoms with E-state index in [-0.39, 0.29) is 11.7 Å². The molecule has 0 spiro atoms. The van der Waals surface area contributed by atoms with Gasteiger partial charge in [-0.15, -0.1) is 11.3 Å². The lowest BCUT2D eigenvalue weighted by atomic mass is 10.2. The van der Waals surface area contributed by atoms with Crippen molar-refractivity contribution in [2.24, 2.45) is 0 Å². The van der Waals surface area contributed by atoms with Gasteiger partial charge in [-0.3, -0.25) is 4.79 Å². The minimum atomic E-state index is -0.296. The Morgan fingerprint density at radius 1 is 1.17 bits per heavy atom. The Hall–Kier alpha value is -2.05. The molecule has 1 N–H and O–H groups in total. The summed E-state index contributed by atoms with van der Waals surface area (Å²) in [6.45, 7) is 3.76. The smallest absolute Gasteiger partial charge is 0.267 e. The molecule has 0 aliphatic heterocycles. The molecular weight excluding hydrogens is 391 g/mol. The first-order valence-corrected chi connectivity index (χ1v) is 8.86. The van der Waals surface area contributed by atoms with E-state index in [9.17, 15) is 9.18 Å². The van der Waals surface area contributed by atoms with Gasteiger partial charge >= 0.3 is 0 Å². The second-order valence-electron chi connectivity index (χ2n) is 5.36. The second kappa shape index (κ2) is 6.83. The van der Waals surface area contributed by atoms with Crippen LogP contribution in [0, 0.1) is 19.7 Å². The number of amides is 1. The first-order chi connectivity index (χ1) is 11.4. The Kier molecular flexibility index (Phi) is 4.78. The number of carbonyl (C=O) groups is 1. The van der Waals surface area contributed by atoms with Gasteiger partial charge in [-0.2, -0.15) is 0 Å². The fourth-order valence-electron chi connectivity index (χ4n) is 2.23. The Morgan fingerprint density at radius 3 is 2.54 bits per heavy atom. The largest absolute Gasteiger partial charge is 0.321 e. The molecule has 0 unspecified atom stereocenters. The van der Waals surface area contributed by atoms with Crippen LogP contribution < -0.4 is 5.32 Å². The molecular formula is C18H14BrFN2OS. The Bertz CT molecular complexity index is 906. The monoisotopic (exact) mass is 404 g/mol. The molecule has 0 fully saturated rings. The van der Waals surface area contributed by atoms with Gasteiger partial charge in [0.1, 0.15) is 15.7 Å². The molecule has 1 heterocycles. The van der Waals surface area contributed by atoms with Crippen molar-refractivity contribution in [2.75, 3.05) is 5.32 Å². The third-order valence-electron chi connectivity index (χ3n) is 3.51. The molecule has 6 heteroatoms. The van der Waals surface area contributed by atoms with Crippen molar-refractivity contribution < 1.29 is 9.18 Å². The third-order valence-corrected chi connectivity index (χ3v) is 5.60. The Balaban J connectivity index is 1.85. The number of anilines is 1. The number of aryl methyl sites for hydroxylation is 2. The molecule has 3 aromatic rings. The van der Waals surface area contributed by atoms with Crippen LogP contribution in [0.15, 0.2) is 46.9 Å². The Labute approximate surface area is 151 Å². The van der Waals surface area contributed by atoms with E-state index in [0.29, 0.717) is 15.6 Å². The van der Waals surface area contributed by atoms with Crippen molar-refractivity contribution in [3.8, 4) is 10.6 Å². The van der Waals surface area contributed by atoms with E-state index < -0.39 is 0 Å². The molecule has 1 amide bonds. The summed E-state index contributed by atoms with van der Waals surface area (Å²) in [4.78, 5) is 17.5. The highest BCUT2D eigenvalue weighted by atomic mass is 79.9. The predicted molar refractivity (Wildman–Crippen MR) is 99.1 cm³/mol. The molecule has 0 aliphatic carbocycles. The lowest BCUT2D eigenvalue weighted by molar-refractivity contribution is 0.103. The minimum Gasteiger partial charge on any atom is -0.321 e. The molecule has 0 aliphatic rings. The van der Waals surface area contributed by atoms with Crippen LogP contribution in [0.5, 0.6) is 0 Å². The van der Waals surface area contributed by atoms with Crippen molar-refractivity contribution in [3.63, 3.8) is 0 Å². The highest BCUT2D eigenvalue weighted by molar-refractivity contribution is 9.10. The van der Waals surface area contributed by atoms with Gasteiger partial charge in [0.15, 0.2) is 0 Å². The minimum absolute atomic E-state index is 0.194. The summed E-state index contributed by atoms with van der Waals surface area (Å²) >= 11 is 4.74. The van der Waals surface area contributed by atoms with Crippen LogP contribution >= 0.6 is 27.3 Å². The van der Waals surface area contributed by atoms with Crippen LogP contribution in [-0.2, 0) is 0 Å². The van der Waals surface area contributed by atoms with Gasteiger partial charge in [-0.05, 0) is 61.9 Å². The van der Waals surface area contributed by atoms with Gasteiger partial charge in [0.05, 0.1) is 5.69 Å². The SMILES string of the molecule is Cc1cc(NC(=O)c2sc(-c3ccc(F)cc3)nc2C)ccc1Br. The van der Waals surface area contributed by atoms with Crippen LogP contribution in [0.1, 0.15) is 20.9 Å². The van der Waals surface area contributed by atoms with E-state index in [1.165, 1.54) is 23.5 Å². The number of nitrogens with zero attached hydrogens (tertiary/aromatic N) is 1. The third kappa shape index (κ3) is 3.55. The van der Waals surface area contributed by atoms with Crippen molar-refractivity contribution in [1.82, 2.24) is 4.98 Å². The summed E-state index contributed by atoms with van der Waals surface area (Å²) in [5.41, 5.74) is 3.23. The lowest BCUT2D eigenvalue weighted by Gasteiger charge is -2.06. The number of carbonyl (C=O) groups excluding carboxylic acids is 1. The zero-order valence-corrected chi connectivity index (χ0v) is 15.5. The molecule has 24 heavy (non-hydrogen) atoms. The molecule has 0 bridgehead atoms. The van der Waals surface area contributed by atoms with E-state index >= 15 is 0 Å². The Morgan fingerprint density at radius 2 is 1.88 bits per heavy atom. The second-order valence-corrected chi connectivity index (χ2v) is 7.21. The van der Waals surface area contributed by atoms with Crippen LogP contribution in [0.3, 0.4) is 0 Å². The van der Waals surface area contributed by atoms with E-state index in [0.717, 1.165) is 21.3 Å². The average Bonchev–Trinajstić information content (AvgIpc) is 2.93. The number of hydrogen-bond acceptors (Lipinski definition) is 3. The number of thiazole rings is 1. The number of hydrogen-bond donors (Lipinski definition) is 1. The zero-order chi connectivity index (χ0) is 17.3. The van der Waals surface area contributed by atoms with E-state index in [1.54, 1.807) is 19.1 Å². The van der Waals surface area contributed by atoms with Crippen molar-refractivity contribution in [3.05, 3.63) is 68.9 Å². The van der Waals surface area contributed by atoms with Gasteiger partial charge in [0.25, 0.3) is 5.91 Å². The molecule has 122 valence electrons. The average molecular weight is 405 g/mol. The maximum absolute atomic E-state index is 13.0. The molecule has 3 nitrogen and oxygen atoms in total. The number of aromatic nitrogens is 1. The molecule has 1 aromatic heterocycles. The summed E-state index contributed by atoms with van der Waals surface area (Å²) in [6, 6.07) is 11.7. The summed E-state index contributed by atoms with van der Waals surface area (Å²) in [7, 11) is 0. The normalized spacial score (nSPS) is 10.7. The van der Waals surface area contributed by atoms with Crippen LogP contribution in [0.25, 0.3) is 10.6 Å². The highest BCUT2D eigenvalue weighted by Gasteiger charge is 2.16. The molecule has 0 saturated carbocycles. The number of nitrogens with one attached hydrogen (secondary N) is 1. The van der Waals surface area contributed by atoms with Gasteiger partial charge in [-0.1, -0.05) is 15.9 Å². The maximum Gasteiger partial charge on any atom is 0.267 e. The van der Waals surface area contributed by atoms with E-state index in [1.807, 2.05) is 25.1 Å². The number of benzene rings is 2. The summed E-state index contributed by atoms with van der Waals surface area (Å²) < 4.78 is 14.0. The van der Waals surface area contributed by atoms with Gasteiger partial charge in [0, 0.05) is 15.7 Å². The highest BCUT2D eigenvalue weighted by Crippen LogP contribution is 2.29. The topological polar surface area (TPSA) is 42.0 Å². The maximum atomic E-state index is 13.0. The van der Waals surface area contributed by atoms with Crippen molar-refractivity contribution in [2.45, 2.75) is 13.8 Å². The fourth-order valence-corrected chi connectivity index (χ4v) is 3.45. The molecule has 0 radical (unpaired) electrons. The summed E-state index contributed by atoms with van der Waals surface area (Å²) in [5, 5.41) is 3.59. The summed E-state index contributed by atoms with van der Waals surface area (Å²) in [6.07, 6.45) is 0. The van der Waals surface area contributed by atoms with Crippen molar-refractivity contribution >= 4 is 38.9 Å². The molecule has 3 rings (SSSR count). The molecule has 2 aromatic carbocycles. The summed E-state index contributed by atoms with van der Waals surface area (Å²) in [5.74, 6) is -0.490. The van der Waals surface area contributed by atoms with Gasteiger partial charge in [-0.25, -0.2) is 9.37 Å². The van der Waals surface area contributed by atoms with E-state index in [4.69, 9.17) is 0 Å². The van der Waals surface area contributed by atoms with Crippen LogP contribution in [-0.4, -0.2) is 10.9 Å². The zero-order valence-electron chi connectivity index (χ0n) is 13.1. The quantitative estimate of drug-likeness (QED) is 0.618. The van der Waals surface area contributed by atoms with Gasteiger partial charge < -0.3 is 5.32 Å². The number of rotatable bonds is 3.